The predicted molar refractivity (Wildman–Crippen MR) is 68.9 cm³/mol. The lowest BCUT2D eigenvalue weighted by molar-refractivity contribution is -0.129. The molecule has 0 saturated heterocycles. The molecule has 100 valence electrons. The fourth-order valence-electron chi connectivity index (χ4n) is 1.71. The van der Waals surface area contributed by atoms with Gasteiger partial charge in [0.05, 0.1) is 6.61 Å². The number of carbonyl (C=O) groups is 2. The van der Waals surface area contributed by atoms with Crippen LogP contribution in [0, 0.1) is 0 Å². The summed E-state index contributed by atoms with van der Waals surface area (Å²) < 4.78 is 4.91. The summed E-state index contributed by atoms with van der Waals surface area (Å²) in [4.78, 5) is 22.8. The molecule has 0 aromatic rings. The highest BCUT2D eigenvalue weighted by molar-refractivity contribution is 5.87. The molecule has 0 aromatic heterocycles. The number of hydrogen-bond donors (Lipinski definition) is 2. The summed E-state index contributed by atoms with van der Waals surface area (Å²) in [5, 5.41) is 5.34. The van der Waals surface area contributed by atoms with Crippen molar-refractivity contribution >= 4 is 11.8 Å². The van der Waals surface area contributed by atoms with Crippen LogP contribution < -0.4 is 10.6 Å². The van der Waals surface area contributed by atoms with Crippen LogP contribution in [0.1, 0.15) is 19.8 Å². The van der Waals surface area contributed by atoms with Crippen molar-refractivity contribution in [2.75, 3.05) is 20.3 Å². The third-order valence-electron chi connectivity index (χ3n) is 2.57. The summed E-state index contributed by atoms with van der Waals surface area (Å²) in [6.07, 6.45) is 8.25. The highest BCUT2D eigenvalue weighted by atomic mass is 16.5. The van der Waals surface area contributed by atoms with Gasteiger partial charge in [0.15, 0.2) is 0 Å². The maximum atomic E-state index is 11.9. The molecule has 0 fully saturated rings. The average Bonchev–Trinajstić information content (AvgIpc) is 2.36. The van der Waals surface area contributed by atoms with Crippen LogP contribution in [0.4, 0.5) is 0 Å². The Labute approximate surface area is 107 Å². The highest BCUT2D eigenvalue weighted by Crippen LogP contribution is 2.08. The van der Waals surface area contributed by atoms with Gasteiger partial charge in [-0.1, -0.05) is 18.2 Å². The van der Waals surface area contributed by atoms with Crippen molar-refractivity contribution in [2.24, 2.45) is 0 Å². The number of methoxy groups -OCH3 is 1. The number of amides is 2. The minimum atomic E-state index is -0.638. The summed E-state index contributed by atoms with van der Waals surface area (Å²) in [7, 11) is 1.49. The second-order valence-electron chi connectivity index (χ2n) is 4.19. The lowest BCUT2D eigenvalue weighted by Gasteiger charge is -2.17. The molecular weight excluding hydrogens is 232 g/mol. The molecule has 2 N–H and O–H groups in total. The first-order valence-corrected chi connectivity index (χ1v) is 6.03. The zero-order valence-electron chi connectivity index (χ0n) is 10.9. The standard InChI is InChI=1S/C13H20N2O3/c1-10(16)15-12(9-18-2)13(17)14-8-11-6-4-3-5-7-11/h4,6-7,12H,3,5,8-9H2,1-2H3,(H,14,17)(H,15,16)/t12-/m1/s1. The van der Waals surface area contributed by atoms with E-state index in [1.165, 1.54) is 14.0 Å². The molecule has 1 aliphatic carbocycles. The molecule has 5 nitrogen and oxygen atoms in total. The summed E-state index contributed by atoms with van der Waals surface area (Å²) in [6.45, 7) is 2.03. The molecule has 0 saturated carbocycles. The van der Waals surface area contributed by atoms with Crippen LogP contribution in [0.3, 0.4) is 0 Å². The molecule has 0 aromatic carbocycles. The Hall–Kier alpha value is -1.62. The first-order valence-electron chi connectivity index (χ1n) is 6.03. The van der Waals surface area contributed by atoms with Crippen LogP contribution in [-0.4, -0.2) is 38.1 Å². The molecule has 1 rings (SSSR count). The van der Waals surface area contributed by atoms with Crippen LogP contribution in [0.2, 0.25) is 0 Å². The predicted octanol–water partition coefficient (Wildman–Crippen LogP) is 0.530. The second kappa shape index (κ2) is 7.66. The van der Waals surface area contributed by atoms with Crippen molar-refractivity contribution < 1.29 is 14.3 Å². The molecule has 0 spiro atoms. The molecule has 0 aliphatic heterocycles. The number of allylic oxidation sites excluding steroid dienone is 2. The van der Waals surface area contributed by atoms with Gasteiger partial charge < -0.3 is 15.4 Å². The van der Waals surface area contributed by atoms with E-state index in [4.69, 9.17) is 4.74 Å². The summed E-state index contributed by atoms with van der Waals surface area (Å²) in [5.74, 6) is -0.476. The van der Waals surface area contributed by atoms with Gasteiger partial charge in [-0.2, -0.15) is 0 Å². The third kappa shape index (κ3) is 5.14. The van der Waals surface area contributed by atoms with Crippen LogP contribution in [-0.2, 0) is 14.3 Å². The van der Waals surface area contributed by atoms with Crippen molar-refractivity contribution in [3.8, 4) is 0 Å². The Morgan fingerprint density at radius 3 is 2.78 bits per heavy atom. The maximum absolute atomic E-state index is 11.9. The second-order valence-corrected chi connectivity index (χ2v) is 4.19. The third-order valence-corrected chi connectivity index (χ3v) is 2.57. The van der Waals surface area contributed by atoms with Gasteiger partial charge in [0, 0.05) is 20.6 Å². The first-order chi connectivity index (χ1) is 8.63. The molecule has 5 heteroatoms. The molecule has 1 aliphatic rings. The topological polar surface area (TPSA) is 67.4 Å². The van der Waals surface area contributed by atoms with Crippen LogP contribution in [0.25, 0.3) is 0 Å². The molecule has 0 bridgehead atoms. The molecule has 18 heavy (non-hydrogen) atoms. The summed E-state index contributed by atoms with van der Waals surface area (Å²) >= 11 is 0. The number of ether oxygens (including phenoxy) is 1. The zero-order valence-corrected chi connectivity index (χ0v) is 10.9. The van der Waals surface area contributed by atoms with E-state index < -0.39 is 6.04 Å². The van der Waals surface area contributed by atoms with Gasteiger partial charge in [0.2, 0.25) is 11.8 Å². The van der Waals surface area contributed by atoms with Gasteiger partial charge in [-0.25, -0.2) is 0 Å². The Balaban J connectivity index is 2.42. The minimum absolute atomic E-state index is 0.167. The average molecular weight is 252 g/mol. The molecule has 0 unspecified atom stereocenters. The fraction of sp³-hybridized carbons (Fsp3) is 0.538. The zero-order chi connectivity index (χ0) is 13.4. The van der Waals surface area contributed by atoms with Crippen LogP contribution in [0.15, 0.2) is 23.8 Å². The number of nitrogens with one attached hydrogen (secondary N) is 2. The van der Waals surface area contributed by atoms with Gasteiger partial charge >= 0.3 is 0 Å². The van der Waals surface area contributed by atoms with Crippen molar-refractivity contribution in [2.45, 2.75) is 25.8 Å². The Morgan fingerprint density at radius 2 is 2.22 bits per heavy atom. The van der Waals surface area contributed by atoms with Crippen molar-refractivity contribution in [3.05, 3.63) is 23.8 Å². The lowest BCUT2D eigenvalue weighted by atomic mass is 10.1. The number of hydrogen-bond acceptors (Lipinski definition) is 3. The number of carbonyl (C=O) groups excluding carboxylic acids is 2. The molecule has 0 heterocycles. The largest absolute Gasteiger partial charge is 0.382 e. The van der Waals surface area contributed by atoms with Crippen molar-refractivity contribution in [1.82, 2.24) is 10.6 Å². The van der Waals surface area contributed by atoms with E-state index >= 15 is 0 Å². The lowest BCUT2D eigenvalue weighted by Crippen LogP contribution is -2.49. The van der Waals surface area contributed by atoms with E-state index in [2.05, 4.69) is 22.8 Å². The van der Waals surface area contributed by atoms with Gasteiger partial charge in [-0.3, -0.25) is 9.59 Å². The van der Waals surface area contributed by atoms with E-state index in [0.29, 0.717) is 6.54 Å². The van der Waals surface area contributed by atoms with Crippen LogP contribution in [0.5, 0.6) is 0 Å². The number of rotatable bonds is 6. The fourth-order valence-corrected chi connectivity index (χ4v) is 1.71. The van der Waals surface area contributed by atoms with Gasteiger partial charge in [-0.05, 0) is 18.4 Å². The Morgan fingerprint density at radius 1 is 1.44 bits per heavy atom. The van der Waals surface area contributed by atoms with E-state index in [0.717, 1.165) is 18.4 Å². The molecular formula is C13H20N2O3. The maximum Gasteiger partial charge on any atom is 0.245 e. The van der Waals surface area contributed by atoms with E-state index in [1.807, 2.05) is 6.08 Å². The normalized spacial score (nSPS) is 15.8. The van der Waals surface area contributed by atoms with Crippen LogP contribution >= 0.6 is 0 Å². The van der Waals surface area contributed by atoms with Gasteiger partial charge in [0.1, 0.15) is 6.04 Å². The highest BCUT2D eigenvalue weighted by Gasteiger charge is 2.18. The minimum Gasteiger partial charge on any atom is -0.382 e. The monoisotopic (exact) mass is 252 g/mol. The van der Waals surface area contributed by atoms with Crippen molar-refractivity contribution in [1.29, 1.82) is 0 Å². The molecule has 0 radical (unpaired) electrons. The Kier molecular flexibility index (Phi) is 6.14. The van der Waals surface area contributed by atoms with E-state index in [1.54, 1.807) is 0 Å². The quantitative estimate of drug-likeness (QED) is 0.724. The van der Waals surface area contributed by atoms with E-state index in [9.17, 15) is 9.59 Å². The summed E-state index contributed by atoms with van der Waals surface area (Å²) in [6, 6.07) is -0.638. The first kappa shape index (κ1) is 14.4. The SMILES string of the molecule is COC[C@@H](NC(C)=O)C(=O)NCC1=CCCC=C1. The van der Waals surface area contributed by atoms with Crippen molar-refractivity contribution in [3.63, 3.8) is 0 Å². The van der Waals surface area contributed by atoms with Gasteiger partial charge in [-0.15, -0.1) is 0 Å². The smallest absolute Gasteiger partial charge is 0.245 e. The molecule has 1 atom stereocenters. The molecule has 2 amide bonds. The Bertz CT molecular complexity index is 361. The van der Waals surface area contributed by atoms with E-state index in [-0.39, 0.29) is 18.4 Å². The summed E-state index contributed by atoms with van der Waals surface area (Å²) in [5.41, 5.74) is 1.09. The van der Waals surface area contributed by atoms with Gasteiger partial charge in [0.25, 0.3) is 0 Å².